The Balaban J connectivity index is 1.52. The van der Waals surface area contributed by atoms with Crippen molar-refractivity contribution in [1.29, 1.82) is 0 Å². The van der Waals surface area contributed by atoms with Crippen LogP contribution in [0.5, 0.6) is 0 Å². The second kappa shape index (κ2) is 9.01. The minimum Gasteiger partial charge on any atom is -0.452 e. The number of benzene rings is 1. The largest absolute Gasteiger partial charge is 0.452 e. The lowest BCUT2D eigenvalue weighted by Gasteiger charge is -2.14. The van der Waals surface area contributed by atoms with Crippen LogP contribution in [0.2, 0.25) is 5.02 Å². The molecule has 0 aliphatic heterocycles. The summed E-state index contributed by atoms with van der Waals surface area (Å²) in [4.78, 5) is 36.6. The summed E-state index contributed by atoms with van der Waals surface area (Å²) in [6, 6.07) is 7.03. The summed E-state index contributed by atoms with van der Waals surface area (Å²) in [6.45, 7) is 1.31. The van der Waals surface area contributed by atoms with Gasteiger partial charge in [-0.1, -0.05) is 17.7 Å². The molecule has 0 fully saturated rings. The molecule has 29 heavy (non-hydrogen) atoms. The highest BCUT2D eigenvalue weighted by atomic mass is 35.5. The lowest BCUT2D eigenvalue weighted by atomic mass is 10.3. The normalized spacial score (nSPS) is 11.8. The molecule has 0 bridgehead atoms. The van der Waals surface area contributed by atoms with E-state index in [0.29, 0.717) is 4.88 Å². The molecular weight excluding hydrogens is 425 g/mol. The number of rotatable bonds is 7. The lowest BCUT2D eigenvalue weighted by molar-refractivity contribution is -0.153. The predicted octanol–water partition coefficient (Wildman–Crippen LogP) is 3.32. The first kappa shape index (κ1) is 20.7. The summed E-state index contributed by atoms with van der Waals surface area (Å²) in [7, 11) is 0. The van der Waals surface area contributed by atoms with E-state index in [1.54, 1.807) is 12.1 Å². The third-order valence-electron chi connectivity index (χ3n) is 3.73. The summed E-state index contributed by atoms with van der Waals surface area (Å²) < 4.78 is 24.2. The second-order valence-electron chi connectivity index (χ2n) is 5.87. The SMILES string of the molecule is C[C@@H](OC(=O)CCn1nc(-c2cccs2)oc1=O)C(=O)Nc1ccc(F)cc1Cl. The van der Waals surface area contributed by atoms with Crippen molar-refractivity contribution in [1.82, 2.24) is 9.78 Å². The fraction of sp³-hybridized carbons (Fsp3) is 0.222. The highest BCUT2D eigenvalue weighted by molar-refractivity contribution is 7.13. The molecule has 3 rings (SSSR count). The van der Waals surface area contributed by atoms with Crippen molar-refractivity contribution in [2.75, 3.05) is 5.32 Å². The number of hydrogen-bond acceptors (Lipinski definition) is 7. The molecule has 0 aliphatic carbocycles. The maximum atomic E-state index is 13.0. The number of halogens is 2. The fourth-order valence-corrected chi connectivity index (χ4v) is 3.14. The smallest absolute Gasteiger partial charge is 0.437 e. The van der Waals surface area contributed by atoms with Gasteiger partial charge in [0.05, 0.1) is 28.6 Å². The van der Waals surface area contributed by atoms with Gasteiger partial charge >= 0.3 is 11.7 Å². The predicted molar refractivity (Wildman–Crippen MR) is 104 cm³/mol. The molecule has 1 amide bonds. The van der Waals surface area contributed by atoms with Crippen molar-refractivity contribution < 1.29 is 23.1 Å². The number of carbonyl (C=O) groups is 2. The number of thiophene rings is 1. The van der Waals surface area contributed by atoms with Crippen LogP contribution in [0.3, 0.4) is 0 Å². The topological polar surface area (TPSA) is 103 Å². The van der Waals surface area contributed by atoms with Gasteiger partial charge in [-0.05, 0) is 36.6 Å². The van der Waals surface area contributed by atoms with Crippen molar-refractivity contribution in [2.45, 2.75) is 26.0 Å². The zero-order valence-corrected chi connectivity index (χ0v) is 16.6. The van der Waals surface area contributed by atoms with E-state index in [2.05, 4.69) is 10.4 Å². The Morgan fingerprint density at radius 3 is 2.90 bits per heavy atom. The highest BCUT2D eigenvalue weighted by Crippen LogP contribution is 2.23. The van der Waals surface area contributed by atoms with Gasteiger partial charge in [-0.25, -0.2) is 9.18 Å². The maximum Gasteiger partial charge on any atom is 0.437 e. The third-order valence-corrected chi connectivity index (χ3v) is 4.90. The molecule has 0 unspecified atom stereocenters. The molecule has 1 aromatic carbocycles. The zero-order valence-electron chi connectivity index (χ0n) is 15.1. The van der Waals surface area contributed by atoms with Crippen molar-refractivity contribution in [2.24, 2.45) is 0 Å². The standard InChI is InChI=1S/C18H15ClFN3O5S/c1-10(16(25)21-13-5-4-11(20)9-12(13)19)27-15(24)6-7-23-18(26)28-17(22-23)14-3-2-8-29-14/h2-5,8-10H,6-7H2,1H3,(H,21,25)/t10-/m1/s1. The molecule has 0 saturated heterocycles. The van der Waals surface area contributed by atoms with E-state index in [-0.39, 0.29) is 29.6 Å². The van der Waals surface area contributed by atoms with Crippen LogP contribution >= 0.6 is 22.9 Å². The highest BCUT2D eigenvalue weighted by Gasteiger charge is 2.20. The number of amides is 1. The maximum absolute atomic E-state index is 13.0. The van der Waals surface area contributed by atoms with E-state index in [0.717, 1.165) is 16.8 Å². The molecule has 0 radical (unpaired) electrons. The fourth-order valence-electron chi connectivity index (χ4n) is 2.28. The Morgan fingerprint density at radius 1 is 1.41 bits per heavy atom. The monoisotopic (exact) mass is 439 g/mol. The zero-order chi connectivity index (χ0) is 21.0. The van der Waals surface area contributed by atoms with Crippen molar-refractivity contribution in [3.63, 3.8) is 0 Å². The van der Waals surface area contributed by atoms with Crippen LogP contribution in [0.25, 0.3) is 10.8 Å². The van der Waals surface area contributed by atoms with Gasteiger partial charge in [-0.15, -0.1) is 16.4 Å². The van der Waals surface area contributed by atoms with Crippen molar-refractivity contribution >= 4 is 40.5 Å². The molecular formula is C18H15ClFN3O5S. The molecule has 3 aromatic rings. The summed E-state index contributed by atoms with van der Waals surface area (Å²) >= 11 is 7.21. The Bertz CT molecular complexity index is 1080. The van der Waals surface area contributed by atoms with E-state index in [9.17, 15) is 18.8 Å². The van der Waals surface area contributed by atoms with Gasteiger partial charge in [0, 0.05) is 0 Å². The average Bonchev–Trinajstić information content (AvgIpc) is 3.32. The van der Waals surface area contributed by atoms with Crippen LogP contribution in [-0.2, 0) is 20.9 Å². The number of aryl methyl sites for hydroxylation is 1. The quantitative estimate of drug-likeness (QED) is 0.566. The van der Waals surface area contributed by atoms with E-state index in [4.69, 9.17) is 20.8 Å². The van der Waals surface area contributed by atoms with E-state index < -0.39 is 29.6 Å². The number of nitrogens with one attached hydrogen (secondary N) is 1. The minimum atomic E-state index is -1.13. The third kappa shape index (κ3) is 5.30. The van der Waals surface area contributed by atoms with Crippen LogP contribution in [0, 0.1) is 5.82 Å². The lowest BCUT2D eigenvalue weighted by Crippen LogP contribution is -2.30. The minimum absolute atomic E-state index is 0.0174. The average molecular weight is 440 g/mol. The molecule has 0 spiro atoms. The van der Waals surface area contributed by atoms with Gasteiger partial charge in [-0.3, -0.25) is 9.59 Å². The first-order chi connectivity index (χ1) is 13.8. The summed E-state index contributed by atoms with van der Waals surface area (Å²) in [5.41, 5.74) is 0.191. The molecule has 8 nitrogen and oxygen atoms in total. The van der Waals surface area contributed by atoms with Gasteiger partial charge in [0.25, 0.3) is 11.8 Å². The first-order valence-electron chi connectivity index (χ1n) is 8.40. The van der Waals surface area contributed by atoms with Crippen molar-refractivity contribution in [3.8, 4) is 10.8 Å². The molecule has 11 heteroatoms. The van der Waals surface area contributed by atoms with Crippen LogP contribution in [0.4, 0.5) is 10.1 Å². The summed E-state index contributed by atoms with van der Waals surface area (Å²) in [5, 5.41) is 8.31. The van der Waals surface area contributed by atoms with Crippen molar-refractivity contribution in [3.05, 3.63) is 57.1 Å². The summed E-state index contributed by atoms with van der Waals surface area (Å²) in [6.07, 6.45) is -1.31. The van der Waals surface area contributed by atoms with Crippen LogP contribution in [0.1, 0.15) is 13.3 Å². The number of carbonyl (C=O) groups excluding carboxylic acids is 2. The molecule has 1 atom stereocenters. The first-order valence-corrected chi connectivity index (χ1v) is 9.66. The number of nitrogens with zero attached hydrogens (tertiary/aromatic N) is 2. The number of aromatic nitrogens is 2. The molecule has 1 N–H and O–H groups in total. The summed E-state index contributed by atoms with van der Waals surface area (Å²) in [5.74, 6) is -2.41. The number of anilines is 1. The molecule has 0 saturated carbocycles. The van der Waals surface area contributed by atoms with Gasteiger partial charge in [0.15, 0.2) is 6.10 Å². The van der Waals surface area contributed by atoms with Crippen LogP contribution in [-0.4, -0.2) is 27.8 Å². The Kier molecular flexibility index (Phi) is 6.45. The van der Waals surface area contributed by atoms with E-state index >= 15 is 0 Å². The number of esters is 1. The van der Waals surface area contributed by atoms with E-state index in [1.807, 2.05) is 5.38 Å². The van der Waals surface area contributed by atoms with Gasteiger partial charge < -0.3 is 14.5 Å². The Hall–Kier alpha value is -2.98. The molecule has 0 aliphatic rings. The Morgan fingerprint density at radius 2 is 2.21 bits per heavy atom. The van der Waals surface area contributed by atoms with Crippen LogP contribution in [0.15, 0.2) is 44.9 Å². The molecule has 2 heterocycles. The Labute approximate surface area is 172 Å². The van der Waals surface area contributed by atoms with Crippen LogP contribution < -0.4 is 11.1 Å². The van der Waals surface area contributed by atoms with Gasteiger partial charge in [0.1, 0.15) is 5.82 Å². The number of hydrogen-bond donors (Lipinski definition) is 1. The molecule has 2 aromatic heterocycles. The van der Waals surface area contributed by atoms with Gasteiger partial charge in [-0.2, -0.15) is 4.68 Å². The number of ether oxygens (including phenoxy) is 1. The van der Waals surface area contributed by atoms with E-state index in [1.165, 1.54) is 24.3 Å². The molecule has 152 valence electrons. The second-order valence-corrected chi connectivity index (χ2v) is 7.22. The van der Waals surface area contributed by atoms with Gasteiger partial charge in [0.2, 0.25) is 0 Å².